The van der Waals surface area contributed by atoms with Crippen LogP contribution in [0, 0.1) is 6.92 Å². The highest BCUT2D eigenvalue weighted by Gasteiger charge is 2.40. The van der Waals surface area contributed by atoms with Crippen LogP contribution in [0.1, 0.15) is 24.5 Å². The Hall–Kier alpha value is -1.28. The summed E-state index contributed by atoms with van der Waals surface area (Å²) in [4.78, 5) is 13.1. The van der Waals surface area contributed by atoms with Crippen LogP contribution in [0.5, 0.6) is 0 Å². The number of amides is 1. The first kappa shape index (κ1) is 15.1. The van der Waals surface area contributed by atoms with Gasteiger partial charge in [-0.25, -0.2) is 4.68 Å². The van der Waals surface area contributed by atoms with Crippen LogP contribution in [0.3, 0.4) is 0 Å². The van der Waals surface area contributed by atoms with E-state index in [1.807, 2.05) is 0 Å². The number of rotatable bonds is 1. The number of hydrogen-bond acceptors (Lipinski definition) is 3. The molecule has 2 rings (SSSR count). The fraction of sp³-hybridized carbons (Fsp3) is 0.636. The number of carbonyl (C=O) groups excluding carboxylic acids is 1. The molecule has 0 aromatic carbocycles. The molecule has 0 radical (unpaired) electrons. The van der Waals surface area contributed by atoms with Gasteiger partial charge in [0.2, 0.25) is 5.91 Å². The number of nitrogens with one attached hydrogen (secondary N) is 1. The number of piperazine rings is 1. The minimum Gasteiger partial charge on any atom is -0.318 e. The van der Waals surface area contributed by atoms with Crippen LogP contribution in [-0.2, 0) is 11.0 Å². The third kappa shape index (κ3) is 2.62. The van der Waals surface area contributed by atoms with Crippen molar-refractivity contribution in [2.45, 2.75) is 26.2 Å². The maximum absolute atomic E-state index is 12.8. The highest BCUT2D eigenvalue weighted by atomic mass is 35.5. The van der Waals surface area contributed by atoms with Crippen LogP contribution in [0.15, 0.2) is 0 Å². The van der Waals surface area contributed by atoms with Crippen LogP contribution in [0.2, 0.25) is 5.02 Å². The molecule has 2 heterocycles. The molecular weight excluding hydrogens is 297 g/mol. The van der Waals surface area contributed by atoms with Gasteiger partial charge in [-0.05, 0) is 6.92 Å². The lowest BCUT2D eigenvalue weighted by molar-refractivity contribution is -0.142. The van der Waals surface area contributed by atoms with E-state index in [-0.39, 0.29) is 11.6 Å². The number of carbonyl (C=O) groups is 1. The molecule has 1 fully saturated rings. The van der Waals surface area contributed by atoms with Gasteiger partial charge in [-0.3, -0.25) is 4.79 Å². The van der Waals surface area contributed by atoms with Crippen LogP contribution in [0.25, 0.3) is 0 Å². The van der Waals surface area contributed by atoms with Crippen molar-refractivity contribution in [2.24, 2.45) is 0 Å². The first-order valence-corrected chi connectivity index (χ1v) is 6.41. The highest BCUT2D eigenvalue weighted by Crippen LogP contribution is 2.36. The molecule has 1 atom stereocenters. The molecule has 112 valence electrons. The van der Waals surface area contributed by atoms with Crippen LogP contribution in [0.4, 0.5) is 13.2 Å². The van der Waals surface area contributed by atoms with Gasteiger partial charge in [0.15, 0.2) is 5.69 Å². The van der Waals surface area contributed by atoms with E-state index in [9.17, 15) is 18.0 Å². The fourth-order valence-electron chi connectivity index (χ4n) is 2.25. The third-order valence-electron chi connectivity index (χ3n) is 3.25. The Morgan fingerprint density at radius 1 is 1.50 bits per heavy atom. The molecule has 1 amide bonds. The Bertz CT molecular complexity index is 528. The molecule has 1 N–H and O–H groups in total. The van der Waals surface area contributed by atoms with Crippen molar-refractivity contribution >= 4 is 17.5 Å². The molecule has 1 aliphatic rings. The second kappa shape index (κ2) is 5.25. The summed E-state index contributed by atoms with van der Waals surface area (Å²) >= 11 is 5.72. The smallest absolute Gasteiger partial charge is 0.318 e. The Labute approximate surface area is 118 Å². The minimum absolute atomic E-state index is 0.193. The summed E-state index contributed by atoms with van der Waals surface area (Å²) in [6, 6.07) is 0. The number of nitrogens with zero attached hydrogens (tertiary/aromatic N) is 3. The van der Waals surface area contributed by atoms with E-state index in [0.29, 0.717) is 19.6 Å². The maximum atomic E-state index is 12.8. The molecule has 9 heteroatoms. The topological polar surface area (TPSA) is 50.2 Å². The van der Waals surface area contributed by atoms with Crippen molar-refractivity contribution in [1.29, 1.82) is 0 Å². The summed E-state index contributed by atoms with van der Waals surface area (Å²) in [5.41, 5.74) is -0.926. The van der Waals surface area contributed by atoms with Gasteiger partial charge in [0.25, 0.3) is 0 Å². The Morgan fingerprint density at radius 2 is 2.15 bits per heavy atom. The fourth-order valence-corrected chi connectivity index (χ4v) is 2.48. The predicted octanol–water partition coefficient (Wildman–Crippen LogP) is 1.81. The van der Waals surface area contributed by atoms with Gasteiger partial charge in [-0.1, -0.05) is 11.6 Å². The van der Waals surface area contributed by atoms with E-state index in [1.165, 1.54) is 23.4 Å². The molecule has 20 heavy (non-hydrogen) atoms. The Morgan fingerprint density at radius 3 is 2.65 bits per heavy atom. The van der Waals surface area contributed by atoms with Crippen LogP contribution >= 0.6 is 11.6 Å². The lowest BCUT2D eigenvalue weighted by atomic mass is 10.3. The van der Waals surface area contributed by atoms with Gasteiger partial charge in [-0.15, -0.1) is 0 Å². The van der Waals surface area contributed by atoms with Crippen molar-refractivity contribution in [1.82, 2.24) is 20.0 Å². The number of alkyl halides is 3. The molecule has 1 saturated heterocycles. The minimum atomic E-state index is -4.61. The summed E-state index contributed by atoms with van der Waals surface area (Å²) in [5.74, 6) is -0.212. The van der Waals surface area contributed by atoms with Crippen molar-refractivity contribution in [2.75, 3.05) is 19.6 Å². The Balaban J connectivity index is 2.44. The van der Waals surface area contributed by atoms with Crippen molar-refractivity contribution in [3.8, 4) is 0 Å². The van der Waals surface area contributed by atoms with Crippen molar-refractivity contribution < 1.29 is 18.0 Å². The largest absolute Gasteiger partial charge is 0.436 e. The molecular formula is C11H14ClF3N4O. The highest BCUT2D eigenvalue weighted by molar-refractivity contribution is 6.31. The summed E-state index contributed by atoms with van der Waals surface area (Å²) in [7, 11) is 0. The van der Waals surface area contributed by atoms with Gasteiger partial charge < -0.3 is 10.2 Å². The zero-order chi connectivity index (χ0) is 15.1. The summed E-state index contributed by atoms with van der Waals surface area (Å²) < 4.78 is 39.6. The monoisotopic (exact) mass is 310 g/mol. The molecule has 1 unspecified atom stereocenters. The average Bonchev–Trinajstić information content (AvgIpc) is 2.66. The van der Waals surface area contributed by atoms with E-state index in [2.05, 4.69) is 10.4 Å². The molecule has 1 aromatic rings. The van der Waals surface area contributed by atoms with E-state index in [1.54, 1.807) is 0 Å². The van der Waals surface area contributed by atoms with Gasteiger partial charge in [-0.2, -0.15) is 18.3 Å². The quantitative estimate of drug-likeness (QED) is 0.861. The molecule has 5 nitrogen and oxygen atoms in total. The Kier molecular flexibility index (Phi) is 3.97. The maximum Gasteiger partial charge on any atom is 0.436 e. The van der Waals surface area contributed by atoms with E-state index in [0.717, 1.165) is 0 Å². The number of aromatic nitrogens is 2. The summed E-state index contributed by atoms with van der Waals surface area (Å²) in [6.45, 7) is 4.17. The second-order valence-corrected chi connectivity index (χ2v) is 4.97. The lowest BCUT2D eigenvalue weighted by Gasteiger charge is -2.36. The summed E-state index contributed by atoms with van der Waals surface area (Å²) in [5, 5.41) is 6.17. The first-order chi connectivity index (χ1) is 9.23. The predicted molar refractivity (Wildman–Crippen MR) is 66.3 cm³/mol. The summed E-state index contributed by atoms with van der Waals surface area (Å²) in [6.07, 6.45) is -5.22. The molecule has 0 saturated carbocycles. The SMILES string of the molecule is CC(=O)N1CCNCC1n1nc(C(F)(F)F)c(Cl)c1C. The van der Waals surface area contributed by atoms with Crippen molar-refractivity contribution in [3.63, 3.8) is 0 Å². The van der Waals surface area contributed by atoms with Crippen LogP contribution < -0.4 is 5.32 Å². The average molecular weight is 311 g/mol. The first-order valence-electron chi connectivity index (χ1n) is 6.03. The zero-order valence-electron chi connectivity index (χ0n) is 11.0. The molecule has 1 aromatic heterocycles. The van der Waals surface area contributed by atoms with Crippen molar-refractivity contribution in [3.05, 3.63) is 16.4 Å². The van der Waals surface area contributed by atoms with E-state index < -0.39 is 23.1 Å². The molecule has 0 aliphatic carbocycles. The molecule has 0 bridgehead atoms. The van der Waals surface area contributed by atoms with E-state index in [4.69, 9.17) is 11.6 Å². The molecule has 0 spiro atoms. The van der Waals surface area contributed by atoms with Gasteiger partial charge in [0.05, 0.1) is 10.7 Å². The zero-order valence-corrected chi connectivity index (χ0v) is 11.7. The third-order valence-corrected chi connectivity index (χ3v) is 3.70. The lowest BCUT2D eigenvalue weighted by Crippen LogP contribution is -2.50. The van der Waals surface area contributed by atoms with Gasteiger partial charge in [0.1, 0.15) is 6.17 Å². The second-order valence-electron chi connectivity index (χ2n) is 4.59. The van der Waals surface area contributed by atoms with Crippen LogP contribution in [-0.4, -0.2) is 40.2 Å². The van der Waals surface area contributed by atoms with Gasteiger partial charge >= 0.3 is 6.18 Å². The standard InChI is InChI=1S/C11H14ClF3N4O/c1-6-9(12)10(11(13,14)15)17-19(6)8-5-16-3-4-18(8)7(2)20/h8,16H,3-5H2,1-2H3. The van der Waals surface area contributed by atoms with E-state index >= 15 is 0 Å². The normalized spacial score (nSPS) is 20.3. The molecule has 1 aliphatic heterocycles. The number of hydrogen-bond donors (Lipinski definition) is 1. The van der Waals surface area contributed by atoms with Gasteiger partial charge in [0, 0.05) is 26.6 Å². The number of halogens is 4.